The van der Waals surface area contributed by atoms with Crippen LogP contribution in [0.3, 0.4) is 0 Å². The van der Waals surface area contributed by atoms with E-state index < -0.39 is 0 Å². The summed E-state index contributed by atoms with van der Waals surface area (Å²) in [6, 6.07) is 13.9. The molecule has 0 saturated heterocycles. The Labute approximate surface area is 130 Å². The van der Waals surface area contributed by atoms with Crippen LogP contribution in [-0.2, 0) is 6.61 Å². The van der Waals surface area contributed by atoms with Crippen LogP contribution in [0.25, 0.3) is 0 Å². The molecule has 19 heavy (non-hydrogen) atoms. The second-order valence-electron chi connectivity index (χ2n) is 4.35. The molecule has 0 unspecified atom stereocenters. The van der Waals surface area contributed by atoms with Gasteiger partial charge in [0.1, 0.15) is 12.4 Å². The van der Waals surface area contributed by atoms with Crippen LogP contribution in [0, 0.1) is 0 Å². The molecule has 0 amide bonds. The van der Waals surface area contributed by atoms with Gasteiger partial charge in [-0.05, 0) is 25.1 Å². The number of ether oxygens (including phenoxy) is 1. The van der Waals surface area contributed by atoms with Crippen LogP contribution in [0.2, 0.25) is 0 Å². The molecule has 0 aliphatic carbocycles. The molecule has 0 heterocycles. The molecule has 2 nitrogen and oxygen atoms in total. The lowest BCUT2D eigenvalue weighted by atomic mass is 10.1. The van der Waals surface area contributed by atoms with Crippen LogP contribution in [0.1, 0.15) is 24.1 Å². The van der Waals surface area contributed by atoms with Gasteiger partial charge in [-0.3, -0.25) is 0 Å². The number of benzene rings is 2. The van der Waals surface area contributed by atoms with E-state index in [1.807, 2.05) is 49.4 Å². The van der Waals surface area contributed by atoms with E-state index in [4.69, 9.17) is 10.5 Å². The van der Waals surface area contributed by atoms with Crippen LogP contribution in [0.4, 0.5) is 0 Å². The van der Waals surface area contributed by atoms with Gasteiger partial charge in [0.15, 0.2) is 0 Å². The minimum atomic E-state index is -0.0534. The number of hydrogen-bond acceptors (Lipinski definition) is 2. The van der Waals surface area contributed by atoms with Gasteiger partial charge < -0.3 is 10.5 Å². The summed E-state index contributed by atoms with van der Waals surface area (Å²) < 4.78 is 7.94. The summed E-state index contributed by atoms with van der Waals surface area (Å²) >= 11 is 6.97. The third-order valence-electron chi connectivity index (χ3n) is 2.81. The molecular formula is C15H15Br2NO. The van der Waals surface area contributed by atoms with Gasteiger partial charge in [0.25, 0.3) is 0 Å². The molecule has 2 N–H and O–H groups in total. The van der Waals surface area contributed by atoms with Gasteiger partial charge in [-0.25, -0.2) is 0 Å². The molecule has 0 fully saturated rings. The number of halogens is 2. The molecule has 1 atom stereocenters. The lowest BCUT2D eigenvalue weighted by molar-refractivity contribution is 0.300. The molecule has 0 aliphatic rings. The summed E-state index contributed by atoms with van der Waals surface area (Å²) in [4.78, 5) is 0. The lowest BCUT2D eigenvalue weighted by Gasteiger charge is -2.15. The molecule has 0 radical (unpaired) electrons. The predicted molar refractivity (Wildman–Crippen MR) is 85.2 cm³/mol. The summed E-state index contributed by atoms with van der Waals surface area (Å²) in [5, 5.41) is 0. The molecule has 4 heteroatoms. The van der Waals surface area contributed by atoms with Gasteiger partial charge in [0.05, 0.1) is 0 Å². The van der Waals surface area contributed by atoms with Crippen molar-refractivity contribution < 1.29 is 4.74 Å². The third-order valence-corrected chi connectivity index (χ3v) is 4.07. The lowest BCUT2D eigenvalue weighted by Crippen LogP contribution is -2.08. The summed E-state index contributed by atoms with van der Waals surface area (Å²) in [6.45, 7) is 2.46. The normalized spacial score (nSPS) is 12.2. The molecule has 0 saturated carbocycles. The van der Waals surface area contributed by atoms with Crippen molar-refractivity contribution in [1.29, 1.82) is 0 Å². The van der Waals surface area contributed by atoms with E-state index in [1.54, 1.807) is 0 Å². The zero-order valence-electron chi connectivity index (χ0n) is 10.6. The van der Waals surface area contributed by atoms with Crippen molar-refractivity contribution in [3.8, 4) is 5.75 Å². The second-order valence-corrected chi connectivity index (χ2v) is 6.12. The maximum atomic E-state index is 5.96. The molecule has 0 bridgehead atoms. The van der Waals surface area contributed by atoms with Crippen molar-refractivity contribution in [2.75, 3.05) is 0 Å². The monoisotopic (exact) mass is 383 g/mol. The molecular weight excluding hydrogens is 370 g/mol. The highest BCUT2D eigenvalue weighted by Gasteiger charge is 2.09. The Morgan fingerprint density at radius 1 is 1.16 bits per heavy atom. The SMILES string of the molecule is C[C@@H](N)c1ccc(Br)cc1OCc1ccccc1Br. The molecule has 0 spiro atoms. The van der Waals surface area contributed by atoms with E-state index in [9.17, 15) is 0 Å². The summed E-state index contributed by atoms with van der Waals surface area (Å²) in [7, 11) is 0. The van der Waals surface area contributed by atoms with Crippen molar-refractivity contribution >= 4 is 31.9 Å². The van der Waals surface area contributed by atoms with Gasteiger partial charge in [0, 0.05) is 26.1 Å². The van der Waals surface area contributed by atoms with Crippen LogP contribution < -0.4 is 10.5 Å². The molecule has 2 rings (SSSR count). The number of nitrogens with two attached hydrogens (primary N) is 1. The molecule has 2 aromatic carbocycles. The molecule has 0 aromatic heterocycles. The molecule has 2 aromatic rings. The fourth-order valence-electron chi connectivity index (χ4n) is 1.78. The first-order chi connectivity index (χ1) is 9.08. The fraction of sp³-hybridized carbons (Fsp3) is 0.200. The molecule has 100 valence electrons. The first kappa shape index (κ1) is 14.6. The highest BCUT2D eigenvalue weighted by Crippen LogP contribution is 2.29. The maximum Gasteiger partial charge on any atom is 0.125 e. The van der Waals surface area contributed by atoms with Crippen molar-refractivity contribution in [2.45, 2.75) is 19.6 Å². The van der Waals surface area contributed by atoms with E-state index in [0.29, 0.717) is 6.61 Å². The predicted octanol–water partition coefficient (Wildman–Crippen LogP) is 4.81. The van der Waals surface area contributed by atoms with E-state index in [2.05, 4.69) is 31.9 Å². The van der Waals surface area contributed by atoms with E-state index in [-0.39, 0.29) is 6.04 Å². The Morgan fingerprint density at radius 3 is 2.58 bits per heavy atom. The maximum absolute atomic E-state index is 5.96. The summed E-state index contributed by atoms with van der Waals surface area (Å²) in [5.41, 5.74) is 8.08. The van der Waals surface area contributed by atoms with Gasteiger partial charge in [-0.1, -0.05) is 56.1 Å². The minimum absolute atomic E-state index is 0.0534. The Balaban J connectivity index is 2.19. The highest BCUT2D eigenvalue weighted by molar-refractivity contribution is 9.10. The summed E-state index contributed by atoms with van der Waals surface area (Å²) in [6.07, 6.45) is 0. The van der Waals surface area contributed by atoms with Crippen LogP contribution in [0.15, 0.2) is 51.4 Å². The summed E-state index contributed by atoms with van der Waals surface area (Å²) in [5.74, 6) is 0.820. The number of hydrogen-bond donors (Lipinski definition) is 1. The zero-order chi connectivity index (χ0) is 13.8. The van der Waals surface area contributed by atoms with Gasteiger partial charge in [-0.15, -0.1) is 0 Å². The average Bonchev–Trinajstić information content (AvgIpc) is 2.37. The van der Waals surface area contributed by atoms with Gasteiger partial charge in [0.2, 0.25) is 0 Å². The quantitative estimate of drug-likeness (QED) is 0.820. The first-order valence-corrected chi connectivity index (χ1v) is 7.58. The van der Waals surface area contributed by atoms with Crippen molar-refractivity contribution in [3.05, 3.63) is 62.5 Å². The topological polar surface area (TPSA) is 35.2 Å². The van der Waals surface area contributed by atoms with Crippen LogP contribution in [-0.4, -0.2) is 0 Å². The zero-order valence-corrected chi connectivity index (χ0v) is 13.7. The van der Waals surface area contributed by atoms with Gasteiger partial charge >= 0.3 is 0 Å². The minimum Gasteiger partial charge on any atom is -0.488 e. The smallest absolute Gasteiger partial charge is 0.125 e. The first-order valence-electron chi connectivity index (χ1n) is 5.99. The Kier molecular flexibility index (Phi) is 5.02. The van der Waals surface area contributed by atoms with Crippen molar-refractivity contribution in [2.24, 2.45) is 5.73 Å². The van der Waals surface area contributed by atoms with E-state index in [1.165, 1.54) is 0 Å². The van der Waals surface area contributed by atoms with Crippen molar-refractivity contribution in [1.82, 2.24) is 0 Å². The van der Waals surface area contributed by atoms with E-state index >= 15 is 0 Å². The Bertz CT molecular complexity index is 570. The van der Waals surface area contributed by atoms with Crippen LogP contribution in [0.5, 0.6) is 5.75 Å². The standard InChI is InChI=1S/C15H15Br2NO/c1-10(18)13-7-6-12(16)8-15(13)19-9-11-4-2-3-5-14(11)17/h2-8,10H,9,18H2,1H3/t10-/m1/s1. The fourth-order valence-corrected chi connectivity index (χ4v) is 2.52. The average molecular weight is 385 g/mol. The number of rotatable bonds is 4. The highest BCUT2D eigenvalue weighted by atomic mass is 79.9. The largest absolute Gasteiger partial charge is 0.488 e. The van der Waals surface area contributed by atoms with E-state index in [0.717, 1.165) is 25.8 Å². The Hall–Kier alpha value is -0.840. The second kappa shape index (κ2) is 6.55. The Morgan fingerprint density at radius 2 is 1.89 bits per heavy atom. The molecule has 0 aliphatic heterocycles. The van der Waals surface area contributed by atoms with Gasteiger partial charge in [-0.2, -0.15) is 0 Å². The van der Waals surface area contributed by atoms with Crippen molar-refractivity contribution in [3.63, 3.8) is 0 Å². The third kappa shape index (κ3) is 3.81. The van der Waals surface area contributed by atoms with Crippen LogP contribution >= 0.6 is 31.9 Å².